The average molecular weight is 336 g/mol. The van der Waals surface area contributed by atoms with E-state index in [0.717, 1.165) is 24.0 Å². The molecule has 0 aliphatic carbocycles. The van der Waals surface area contributed by atoms with Gasteiger partial charge in [0.1, 0.15) is 11.2 Å². The molecule has 1 nitrogen and oxygen atoms in total. The molecular formula is C25H20O. The molecule has 126 valence electrons. The number of benzene rings is 4. The molecule has 5 rings (SSSR count). The molecule has 4 aromatic carbocycles. The topological polar surface area (TPSA) is 13.1 Å². The van der Waals surface area contributed by atoms with Crippen molar-refractivity contribution < 1.29 is 4.42 Å². The third kappa shape index (κ3) is 2.32. The standard InChI is InChI=1S/C25H20O/c1-2-18-16-19-11-6-7-13-21(19)23-22-14-8-12-20(24(22)26-25(18)23)15-17-9-4-3-5-10-17/h3-14,16H,2,15H2,1H3. The van der Waals surface area contributed by atoms with Crippen LogP contribution in [0.15, 0.2) is 83.3 Å². The van der Waals surface area contributed by atoms with Gasteiger partial charge in [-0.05, 0) is 39.9 Å². The molecule has 1 heterocycles. The van der Waals surface area contributed by atoms with E-state index in [2.05, 4.69) is 85.8 Å². The first-order chi connectivity index (χ1) is 12.8. The summed E-state index contributed by atoms with van der Waals surface area (Å²) >= 11 is 0. The third-order valence-electron chi connectivity index (χ3n) is 5.27. The number of furan rings is 1. The Kier molecular flexibility index (Phi) is 3.53. The predicted octanol–water partition coefficient (Wildman–Crippen LogP) is 6.89. The van der Waals surface area contributed by atoms with Gasteiger partial charge < -0.3 is 4.42 Å². The molecule has 5 aromatic rings. The maximum atomic E-state index is 6.49. The van der Waals surface area contributed by atoms with E-state index in [-0.39, 0.29) is 0 Å². The summed E-state index contributed by atoms with van der Waals surface area (Å²) in [5, 5.41) is 5.04. The number of para-hydroxylation sites is 1. The van der Waals surface area contributed by atoms with Crippen LogP contribution in [-0.4, -0.2) is 0 Å². The highest BCUT2D eigenvalue weighted by molar-refractivity contribution is 6.20. The number of hydrogen-bond acceptors (Lipinski definition) is 1. The number of hydrogen-bond donors (Lipinski definition) is 0. The molecule has 0 amide bonds. The number of fused-ring (bicyclic) bond motifs is 5. The molecule has 0 atom stereocenters. The highest BCUT2D eigenvalue weighted by Crippen LogP contribution is 2.38. The summed E-state index contributed by atoms with van der Waals surface area (Å²) in [4.78, 5) is 0. The van der Waals surface area contributed by atoms with Crippen molar-refractivity contribution in [3.05, 3.63) is 95.6 Å². The minimum absolute atomic E-state index is 0.886. The summed E-state index contributed by atoms with van der Waals surface area (Å²) in [6, 6.07) is 28.0. The van der Waals surface area contributed by atoms with Crippen molar-refractivity contribution in [2.24, 2.45) is 0 Å². The van der Waals surface area contributed by atoms with Crippen molar-refractivity contribution in [3.63, 3.8) is 0 Å². The minimum atomic E-state index is 0.886. The van der Waals surface area contributed by atoms with Gasteiger partial charge in [0.15, 0.2) is 0 Å². The monoisotopic (exact) mass is 336 g/mol. The second kappa shape index (κ2) is 6.03. The van der Waals surface area contributed by atoms with Crippen LogP contribution in [0.2, 0.25) is 0 Å². The van der Waals surface area contributed by atoms with E-state index in [0.29, 0.717) is 0 Å². The molecule has 0 fully saturated rings. The van der Waals surface area contributed by atoms with E-state index >= 15 is 0 Å². The maximum Gasteiger partial charge on any atom is 0.139 e. The van der Waals surface area contributed by atoms with Gasteiger partial charge in [-0.2, -0.15) is 0 Å². The second-order valence-corrected chi connectivity index (χ2v) is 6.87. The first kappa shape index (κ1) is 15.2. The molecule has 1 heteroatoms. The van der Waals surface area contributed by atoms with Crippen LogP contribution in [0, 0.1) is 0 Å². The lowest BCUT2D eigenvalue weighted by atomic mass is 9.97. The van der Waals surface area contributed by atoms with Crippen molar-refractivity contribution in [3.8, 4) is 0 Å². The molecule has 0 aliphatic heterocycles. The van der Waals surface area contributed by atoms with Gasteiger partial charge in [-0.15, -0.1) is 0 Å². The Bertz CT molecular complexity index is 1230. The Balaban J connectivity index is 1.84. The van der Waals surface area contributed by atoms with E-state index in [1.54, 1.807) is 0 Å². The normalized spacial score (nSPS) is 11.6. The smallest absolute Gasteiger partial charge is 0.139 e. The summed E-state index contributed by atoms with van der Waals surface area (Å²) in [7, 11) is 0. The fourth-order valence-electron chi connectivity index (χ4n) is 3.99. The fourth-order valence-corrected chi connectivity index (χ4v) is 3.99. The van der Waals surface area contributed by atoms with Crippen LogP contribution in [0.5, 0.6) is 0 Å². The SMILES string of the molecule is CCc1cc2ccccc2c2c1oc1c(Cc3ccccc3)cccc12. The van der Waals surface area contributed by atoms with Crippen molar-refractivity contribution >= 4 is 32.7 Å². The lowest BCUT2D eigenvalue weighted by Crippen LogP contribution is -1.87. The lowest BCUT2D eigenvalue weighted by Gasteiger charge is -2.04. The van der Waals surface area contributed by atoms with Crippen LogP contribution in [-0.2, 0) is 12.8 Å². The summed E-state index contributed by atoms with van der Waals surface area (Å²) < 4.78 is 6.49. The van der Waals surface area contributed by atoms with Crippen LogP contribution in [0.1, 0.15) is 23.6 Å². The quantitative estimate of drug-likeness (QED) is 0.349. The fraction of sp³-hybridized carbons (Fsp3) is 0.120. The van der Waals surface area contributed by atoms with Gasteiger partial charge in [0.05, 0.1) is 0 Å². The Morgan fingerprint density at radius 1 is 0.692 bits per heavy atom. The molecule has 0 bridgehead atoms. The second-order valence-electron chi connectivity index (χ2n) is 6.87. The molecule has 1 aromatic heterocycles. The molecule has 0 spiro atoms. The van der Waals surface area contributed by atoms with E-state index in [1.165, 1.54) is 38.2 Å². The van der Waals surface area contributed by atoms with Crippen LogP contribution >= 0.6 is 0 Å². The first-order valence-electron chi connectivity index (χ1n) is 9.24. The Hall–Kier alpha value is -3.06. The van der Waals surface area contributed by atoms with E-state index in [1.807, 2.05) is 0 Å². The Labute approximate surface area is 152 Å². The highest BCUT2D eigenvalue weighted by Gasteiger charge is 2.16. The third-order valence-corrected chi connectivity index (χ3v) is 5.27. The van der Waals surface area contributed by atoms with Gasteiger partial charge in [0.2, 0.25) is 0 Å². The zero-order chi connectivity index (χ0) is 17.5. The summed E-state index contributed by atoms with van der Waals surface area (Å²) in [6.07, 6.45) is 1.85. The van der Waals surface area contributed by atoms with Crippen molar-refractivity contribution in [1.82, 2.24) is 0 Å². The van der Waals surface area contributed by atoms with Gasteiger partial charge in [-0.1, -0.05) is 79.7 Å². The molecule has 26 heavy (non-hydrogen) atoms. The Morgan fingerprint density at radius 2 is 1.46 bits per heavy atom. The molecule has 0 aliphatic rings. The van der Waals surface area contributed by atoms with Crippen molar-refractivity contribution in [1.29, 1.82) is 0 Å². The summed E-state index contributed by atoms with van der Waals surface area (Å²) in [5.74, 6) is 0. The molecular weight excluding hydrogens is 316 g/mol. The molecule has 0 saturated carbocycles. The van der Waals surface area contributed by atoms with Gasteiger partial charge in [-0.3, -0.25) is 0 Å². The molecule has 0 unspecified atom stereocenters. The average Bonchev–Trinajstić information content (AvgIpc) is 3.09. The largest absolute Gasteiger partial charge is 0.455 e. The predicted molar refractivity (Wildman–Crippen MR) is 110 cm³/mol. The summed E-state index contributed by atoms with van der Waals surface area (Å²) in [6.45, 7) is 2.20. The van der Waals surface area contributed by atoms with Crippen LogP contribution in [0.4, 0.5) is 0 Å². The van der Waals surface area contributed by atoms with Gasteiger partial charge >= 0.3 is 0 Å². The van der Waals surface area contributed by atoms with Crippen molar-refractivity contribution in [2.75, 3.05) is 0 Å². The maximum absolute atomic E-state index is 6.49. The van der Waals surface area contributed by atoms with Gasteiger partial charge in [-0.25, -0.2) is 0 Å². The van der Waals surface area contributed by atoms with Crippen LogP contribution < -0.4 is 0 Å². The summed E-state index contributed by atoms with van der Waals surface area (Å²) in [5.41, 5.74) is 5.90. The van der Waals surface area contributed by atoms with E-state index in [9.17, 15) is 0 Å². The number of aryl methyl sites for hydroxylation is 1. The molecule has 0 N–H and O–H groups in total. The number of rotatable bonds is 3. The van der Waals surface area contributed by atoms with Crippen LogP contribution in [0.25, 0.3) is 32.7 Å². The zero-order valence-electron chi connectivity index (χ0n) is 14.8. The highest BCUT2D eigenvalue weighted by atomic mass is 16.3. The lowest BCUT2D eigenvalue weighted by molar-refractivity contribution is 0.659. The first-order valence-corrected chi connectivity index (χ1v) is 9.24. The molecule has 0 radical (unpaired) electrons. The van der Waals surface area contributed by atoms with E-state index in [4.69, 9.17) is 4.42 Å². The van der Waals surface area contributed by atoms with Crippen LogP contribution in [0.3, 0.4) is 0 Å². The Morgan fingerprint density at radius 3 is 2.31 bits per heavy atom. The molecule has 0 saturated heterocycles. The van der Waals surface area contributed by atoms with Gasteiger partial charge in [0.25, 0.3) is 0 Å². The minimum Gasteiger partial charge on any atom is -0.455 e. The van der Waals surface area contributed by atoms with Crippen molar-refractivity contribution in [2.45, 2.75) is 19.8 Å². The van der Waals surface area contributed by atoms with Gasteiger partial charge in [0, 0.05) is 17.2 Å². The zero-order valence-corrected chi connectivity index (χ0v) is 14.8. The van der Waals surface area contributed by atoms with E-state index < -0.39 is 0 Å².